The van der Waals surface area contributed by atoms with Crippen LogP contribution in [-0.2, 0) is 0 Å². The van der Waals surface area contributed by atoms with Crippen molar-refractivity contribution in [3.05, 3.63) is 64.8 Å². The summed E-state index contributed by atoms with van der Waals surface area (Å²) in [5, 5.41) is 4.81. The first-order valence-corrected chi connectivity index (χ1v) is 11.8. The third-order valence-electron chi connectivity index (χ3n) is 5.82. The highest BCUT2D eigenvalue weighted by Gasteiger charge is 2.25. The van der Waals surface area contributed by atoms with Gasteiger partial charge in [-0.3, -0.25) is 0 Å². The molecule has 2 N–H and O–H groups in total. The summed E-state index contributed by atoms with van der Waals surface area (Å²) in [5.74, 6) is 0.381. The van der Waals surface area contributed by atoms with Crippen LogP contribution in [0.4, 0.5) is 15.0 Å². The number of anilines is 1. The van der Waals surface area contributed by atoms with Crippen molar-refractivity contribution in [3.8, 4) is 17.1 Å². The van der Waals surface area contributed by atoms with Crippen LogP contribution in [0, 0.1) is 11.7 Å². The van der Waals surface area contributed by atoms with E-state index in [9.17, 15) is 9.18 Å². The zero-order valence-electron chi connectivity index (χ0n) is 18.5. The highest BCUT2D eigenvalue weighted by Crippen LogP contribution is 2.28. The number of pyridine rings is 1. The first-order chi connectivity index (χ1) is 17.0. The standard InChI is InChI=1S/C24H21Cl2FN6O2/c25-15-4-1-5-17(7-15)35-24(34)33-6-2-3-14(13-33)9-28-23-20(27)12-31-22(32-23)19-11-30-21-18(19)8-16(26)10-29-21/h1,4-5,7-8,10-12,14H,2-3,6,9,13H2,(H,29,30)(H,28,31,32)/t14-/m1/s1. The summed E-state index contributed by atoms with van der Waals surface area (Å²) >= 11 is 12.0. The van der Waals surface area contributed by atoms with Crippen LogP contribution in [0.25, 0.3) is 22.4 Å². The van der Waals surface area contributed by atoms with Gasteiger partial charge in [-0.25, -0.2) is 24.1 Å². The Morgan fingerprint density at radius 2 is 2.11 bits per heavy atom. The van der Waals surface area contributed by atoms with Gasteiger partial charge in [0.05, 0.1) is 11.2 Å². The van der Waals surface area contributed by atoms with Crippen molar-refractivity contribution in [1.29, 1.82) is 0 Å². The fourth-order valence-corrected chi connectivity index (χ4v) is 4.46. The molecule has 0 aliphatic carbocycles. The lowest BCUT2D eigenvalue weighted by atomic mass is 9.98. The molecule has 0 saturated carbocycles. The van der Waals surface area contributed by atoms with Crippen LogP contribution in [0.5, 0.6) is 5.75 Å². The van der Waals surface area contributed by atoms with Gasteiger partial charge in [-0.15, -0.1) is 0 Å². The highest BCUT2D eigenvalue weighted by atomic mass is 35.5. The maximum atomic E-state index is 14.5. The number of rotatable bonds is 5. The number of carbonyl (C=O) groups is 1. The molecular formula is C24H21Cl2FN6O2. The Kier molecular flexibility index (Phi) is 6.70. The van der Waals surface area contributed by atoms with E-state index in [1.165, 1.54) is 0 Å². The maximum Gasteiger partial charge on any atom is 0.415 e. The van der Waals surface area contributed by atoms with Crippen LogP contribution >= 0.6 is 23.2 Å². The van der Waals surface area contributed by atoms with E-state index in [1.807, 2.05) is 0 Å². The van der Waals surface area contributed by atoms with Crippen molar-refractivity contribution in [2.75, 3.05) is 25.0 Å². The van der Waals surface area contributed by atoms with Gasteiger partial charge in [0.15, 0.2) is 17.5 Å². The highest BCUT2D eigenvalue weighted by molar-refractivity contribution is 6.31. The molecular weight excluding hydrogens is 494 g/mol. The molecule has 1 saturated heterocycles. The fourth-order valence-electron chi connectivity index (χ4n) is 4.12. The molecule has 0 spiro atoms. The van der Waals surface area contributed by atoms with E-state index in [0.29, 0.717) is 52.5 Å². The number of benzene rings is 1. The summed E-state index contributed by atoms with van der Waals surface area (Å²) in [7, 11) is 0. The number of piperidine rings is 1. The second-order valence-electron chi connectivity index (χ2n) is 8.30. The Labute approximate surface area is 210 Å². The number of nitrogens with zero attached hydrogens (tertiary/aromatic N) is 4. The van der Waals surface area contributed by atoms with Crippen LogP contribution in [0.15, 0.2) is 48.9 Å². The number of ether oxygens (including phenoxy) is 1. The summed E-state index contributed by atoms with van der Waals surface area (Å²) in [5.41, 5.74) is 1.31. The third kappa shape index (κ3) is 5.31. The van der Waals surface area contributed by atoms with Crippen LogP contribution in [0.2, 0.25) is 10.0 Å². The average Bonchev–Trinajstić information content (AvgIpc) is 3.27. The van der Waals surface area contributed by atoms with Crippen LogP contribution in [0.1, 0.15) is 12.8 Å². The molecule has 5 rings (SSSR count). The van der Waals surface area contributed by atoms with E-state index >= 15 is 0 Å². The van der Waals surface area contributed by atoms with Crippen molar-refractivity contribution in [1.82, 2.24) is 24.8 Å². The summed E-state index contributed by atoms with van der Waals surface area (Å²) in [6.45, 7) is 1.52. The molecule has 4 heterocycles. The van der Waals surface area contributed by atoms with Gasteiger partial charge in [0.25, 0.3) is 0 Å². The number of carbonyl (C=O) groups excluding carboxylic acids is 1. The Morgan fingerprint density at radius 1 is 1.23 bits per heavy atom. The summed E-state index contributed by atoms with van der Waals surface area (Å²) in [6.07, 6.45) is 5.67. The Balaban J connectivity index is 1.25. The van der Waals surface area contributed by atoms with Crippen LogP contribution < -0.4 is 10.1 Å². The van der Waals surface area contributed by atoms with Crippen LogP contribution in [-0.4, -0.2) is 50.6 Å². The van der Waals surface area contributed by atoms with Crippen molar-refractivity contribution in [3.63, 3.8) is 0 Å². The van der Waals surface area contributed by atoms with Crippen molar-refractivity contribution >= 4 is 46.1 Å². The summed E-state index contributed by atoms with van der Waals surface area (Å²) in [4.78, 5) is 30.1. The molecule has 0 radical (unpaired) electrons. The summed E-state index contributed by atoms with van der Waals surface area (Å²) in [6, 6.07) is 8.47. The van der Waals surface area contributed by atoms with E-state index in [2.05, 4.69) is 25.3 Å². The van der Waals surface area contributed by atoms with Gasteiger partial charge >= 0.3 is 6.09 Å². The van der Waals surface area contributed by atoms with Gasteiger partial charge < -0.3 is 19.9 Å². The van der Waals surface area contributed by atoms with Crippen molar-refractivity contribution < 1.29 is 13.9 Å². The molecule has 180 valence electrons. The lowest BCUT2D eigenvalue weighted by molar-refractivity contribution is 0.128. The predicted octanol–water partition coefficient (Wildman–Crippen LogP) is 5.79. The molecule has 1 amide bonds. The second-order valence-corrected chi connectivity index (χ2v) is 9.18. The van der Waals surface area contributed by atoms with Gasteiger partial charge in [-0.05, 0) is 43.0 Å². The van der Waals surface area contributed by atoms with E-state index in [-0.39, 0.29) is 11.7 Å². The van der Waals surface area contributed by atoms with Gasteiger partial charge in [0.1, 0.15) is 11.4 Å². The molecule has 1 aliphatic heterocycles. The number of hydrogen-bond donors (Lipinski definition) is 2. The number of nitrogens with one attached hydrogen (secondary N) is 2. The zero-order valence-corrected chi connectivity index (χ0v) is 20.0. The number of fused-ring (bicyclic) bond motifs is 1. The van der Waals surface area contributed by atoms with Crippen LogP contribution in [0.3, 0.4) is 0 Å². The lowest BCUT2D eigenvalue weighted by Crippen LogP contribution is -2.43. The van der Waals surface area contributed by atoms with Crippen molar-refractivity contribution in [2.45, 2.75) is 12.8 Å². The maximum absolute atomic E-state index is 14.5. The number of likely N-dealkylation sites (tertiary alicyclic amines) is 1. The van der Waals surface area contributed by atoms with Gasteiger partial charge in [0.2, 0.25) is 0 Å². The number of aromatic amines is 1. The molecule has 8 nitrogen and oxygen atoms in total. The minimum Gasteiger partial charge on any atom is -0.410 e. The smallest absolute Gasteiger partial charge is 0.410 e. The van der Waals surface area contributed by atoms with E-state index in [0.717, 1.165) is 24.4 Å². The average molecular weight is 515 g/mol. The topological polar surface area (TPSA) is 96.0 Å². The van der Waals surface area contributed by atoms with Gasteiger partial charge in [-0.2, -0.15) is 0 Å². The molecule has 4 aromatic rings. The molecule has 1 aromatic carbocycles. The molecule has 1 atom stereocenters. The minimum absolute atomic E-state index is 0.0953. The first-order valence-electron chi connectivity index (χ1n) is 11.1. The lowest BCUT2D eigenvalue weighted by Gasteiger charge is -2.32. The molecule has 11 heteroatoms. The third-order valence-corrected chi connectivity index (χ3v) is 6.26. The number of aromatic nitrogens is 4. The molecule has 0 bridgehead atoms. The number of H-pyrrole nitrogens is 1. The minimum atomic E-state index is -0.558. The molecule has 3 aromatic heterocycles. The SMILES string of the molecule is O=C(Oc1cccc(Cl)c1)N1CCC[C@H](CNc2nc(-c3c[nH]c4ncc(Cl)cc34)ncc2F)C1. The molecule has 35 heavy (non-hydrogen) atoms. The second kappa shape index (κ2) is 10.1. The van der Waals surface area contributed by atoms with Crippen molar-refractivity contribution in [2.24, 2.45) is 5.92 Å². The van der Waals surface area contributed by atoms with Gasteiger partial charge in [0, 0.05) is 48.0 Å². The van der Waals surface area contributed by atoms with E-state index in [4.69, 9.17) is 27.9 Å². The Bertz CT molecular complexity index is 1380. The predicted molar refractivity (Wildman–Crippen MR) is 132 cm³/mol. The molecule has 0 unspecified atom stereocenters. The molecule has 1 aliphatic rings. The normalized spacial score (nSPS) is 15.9. The largest absolute Gasteiger partial charge is 0.415 e. The fraction of sp³-hybridized carbons (Fsp3) is 0.250. The van der Waals surface area contributed by atoms with E-state index < -0.39 is 11.9 Å². The Hall–Kier alpha value is -3.43. The Morgan fingerprint density at radius 3 is 2.97 bits per heavy atom. The molecule has 1 fully saturated rings. The quantitative estimate of drug-likeness (QED) is 0.350. The first kappa shape index (κ1) is 23.3. The zero-order chi connectivity index (χ0) is 24.4. The monoisotopic (exact) mass is 514 g/mol. The van der Waals surface area contributed by atoms with Gasteiger partial charge in [-0.1, -0.05) is 29.3 Å². The number of amides is 1. The number of hydrogen-bond acceptors (Lipinski definition) is 6. The van der Waals surface area contributed by atoms with E-state index in [1.54, 1.807) is 47.6 Å². The number of halogens is 3. The summed E-state index contributed by atoms with van der Waals surface area (Å²) < 4.78 is 19.9.